The highest BCUT2D eigenvalue weighted by atomic mass is 16.3. The van der Waals surface area contributed by atoms with Crippen molar-refractivity contribution in [3.05, 3.63) is 0 Å². The fraction of sp³-hybridized carbons (Fsp3) is 0.900. The van der Waals surface area contributed by atoms with Crippen molar-refractivity contribution in [1.29, 1.82) is 0 Å². The number of hydrogen-bond acceptors (Lipinski definition) is 2. The number of nitrogens with one attached hydrogen (secondary N) is 1. The zero-order chi connectivity index (χ0) is 9.84. The molecule has 1 aliphatic rings. The van der Waals surface area contributed by atoms with E-state index in [1.807, 2.05) is 0 Å². The van der Waals surface area contributed by atoms with Gasteiger partial charge in [-0.3, -0.25) is 4.79 Å². The molecule has 0 bridgehead atoms. The Balaban J connectivity index is 2.26. The molecular formula is C10H19NO2. The Kier molecular flexibility index (Phi) is 3.72. The molecule has 2 N–H and O–H groups in total. The van der Waals surface area contributed by atoms with Gasteiger partial charge in [0.2, 0.25) is 5.91 Å². The van der Waals surface area contributed by atoms with Crippen LogP contribution in [0.25, 0.3) is 0 Å². The Bertz CT molecular complexity index is 172. The van der Waals surface area contributed by atoms with Gasteiger partial charge in [-0.1, -0.05) is 6.92 Å². The number of carbonyl (C=O) groups is 1. The molecule has 1 fully saturated rings. The summed E-state index contributed by atoms with van der Waals surface area (Å²) >= 11 is 0. The summed E-state index contributed by atoms with van der Waals surface area (Å²) in [6.07, 6.45) is 3.61. The van der Waals surface area contributed by atoms with Crippen LogP contribution < -0.4 is 5.32 Å². The van der Waals surface area contributed by atoms with Crippen LogP contribution in [0.3, 0.4) is 0 Å². The lowest BCUT2D eigenvalue weighted by atomic mass is 9.87. The van der Waals surface area contributed by atoms with Gasteiger partial charge in [0.05, 0.1) is 0 Å². The van der Waals surface area contributed by atoms with Crippen LogP contribution in [0.1, 0.15) is 39.5 Å². The molecule has 1 rings (SSSR count). The predicted molar refractivity (Wildman–Crippen MR) is 51.2 cm³/mol. The Morgan fingerprint density at radius 1 is 1.38 bits per heavy atom. The number of carbonyl (C=O) groups excluding carboxylic acids is 1. The van der Waals surface area contributed by atoms with Crippen molar-refractivity contribution in [2.24, 2.45) is 5.92 Å². The van der Waals surface area contributed by atoms with Gasteiger partial charge < -0.3 is 10.4 Å². The summed E-state index contributed by atoms with van der Waals surface area (Å²) in [7, 11) is 0. The van der Waals surface area contributed by atoms with Crippen molar-refractivity contribution in [3.63, 3.8) is 0 Å². The Hall–Kier alpha value is -0.570. The van der Waals surface area contributed by atoms with Gasteiger partial charge >= 0.3 is 0 Å². The lowest BCUT2D eigenvalue weighted by Gasteiger charge is -2.27. The fourth-order valence-corrected chi connectivity index (χ4v) is 1.73. The van der Waals surface area contributed by atoms with E-state index < -0.39 is 6.10 Å². The highest BCUT2D eigenvalue weighted by molar-refractivity contribution is 5.80. The van der Waals surface area contributed by atoms with Crippen LogP contribution >= 0.6 is 0 Å². The average molecular weight is 185 g/mol. The van der Waals surface area contributed by atoms with Gasteiger partial charge in [-0.2, -0.15) is 0 Å². The fourth-order valence-electron chi connectivity index (χ4n) is 1.73. The normalized spacial score (nSPS) is 31.0. The number of amides is 1. The molecule has 0 aromatic heterocycles. The van der Waals surface area contributed by atoms with E-state index in [2.05, 4.69) is 12.2 Å². The van der Waals surface area contributed by atoms with Crippen LogP contribution in [0.4, 0.5) is 0 Å². The van der Waals surface area contributed by atoms with Crippen LogP contribution in [0.5, 0.6) is 0 Å². The topological polar surface area (TPSA) is 49.3 Å². The number of aliphatic hydroxyl groups excluding tert-OH is 1. The number of aliphatic hydroxyl groups is 1. The standard InChI is InChI=1S/C10H19NO2/c1-7-3-5-9(6-4-7)11-10(13)8(2)12/h7-9,12H,3-6H2,1-2H3,(H,11,13)/t7?,8-,9?/m0/s1. The third-order valence-corrected chi connectivity index (χ3v) is 2.74. The first-order chi connectivity index (χ1) is 6.09. The second kappa shape index (κ2) is 4.61. The molecule has 1 amide bonds. The molecule has 1 atom stereocenters. The first-order valence-electron chi connectivity index (χ1n) is 5.08. The zero-order valence-corrected chi connectivity index (χ0v) is 8.42. The maximum absolute atomic E-state index is 11.1. The highest BCUT2D eigenvalue weighted by Gasteiger charge is 2.20. The Morgan fingerprint density at radius 3 is 2.38 bits per heavy atom. The second-order valence-corrected chi connectivity index (χ2v) is 4.14. The third-order valence-electron chi connectivity index (χ3n) is 2.74. The summed E-state index contributed by atoms with van der Waals surface area (Å²) in [5.41, 5.74) is 0. The molecule has 76 valence electrons. The molecule has 3 heteroatoms. The molecule has 0 radical (unpaired) electrons. The van der Waals surface area contributed by atoms with E-state index in [1.165, 1.54) is 19.8 Å². The summed E-state index contributed by atoms with van der Waals surface area (Å²) in [6, 6.07) is 0.290. The minimum absolute atomic E-state index is 0.237. The molecule has 0 spiro atoms. The van der Waals surface area contributed by atoms with Gasteiger partial charge in [0, 0.05) is 6.04 Å². The van der Waals surface area contributed by atoms with Gasteiger partial charge in [0.1, 0.15) is 6.10 Å². The van der Waals surface area contributed by atoms with Crippen molar-refractivity contribution >= 4 is 5.91 Å². The van der Waals surface area contributed by atoms with Gasteiger partial charge in [-0.25, -0.2) is 0 Å². The highest BCUT2D eigenvalue weighted by Crippen LogP contribution is 2.23. The van der Waals surface area contributed by atoms with Crippen LogP contribution in [-0.4, -0.2) is 23.2 Å². The van der Waals surface area contributed by atoms with E-state index >= 15 is 0 Å². The van der Waals surface area contributed by atoms with Crippen molar-refractivity contribution in [2.75, 3.05) is 0 Å². The summed E-state index contributed by atoms with van der Waals surface area (Å²) in [4.78, 5) is 11.1. The zero-order valence-electron chi connectivity index (χ0n) is 8.42. The lowest BCUT2D eigenvalue weighted by Crippen LogP contribution is -2.41. The van der Waals surface area contributed by atoms with Crippen molar-refractivity contribution in [1.82, 2.24) is 5.32 Å². The molecule has 0 saturated heterocycles. The van der Waals surface area contributed by atoms with Crippen molar-refractivity contribution in [3.8, 4) is 0 Å². The van der Waals surface area contributed by atoms with Crippen molar-refractivity contribution < 1.29 is 9.90 Å². The molecule has 0 aromatic carbocycles. The van der Waals surface area contributed by atoms with E-state index in [4.69, 9.17) is 5.11 Å². The number of hydrogen-bond donors (Lipinski definition) is 2. The quantitative estimate of drug-likeness (QED) is 0.676. The molecule has 13 heavy (non-hydrogen) atoms. The van der Waals surface area contributed by atoms with E-state index in [0.29, 0.717) is 6.04 Å². The van der Waals surface area contributed by atoms with Crippen LogP contribution in [-0.2, 0) is 4.79 Å². The van der Waals surface area contributed by atoms with Crippen LogP contribution in [0, 0.1) is 5.92 Å². The van der Waals surface area contributed by atoms with E-state index in [0.717, 1.165) is 18.8 Å². The lowest BCUT2D eigenvalue weighted by molar-refractivity contribution is -0.129. The SMILES string of the molecule is CC1CCC(NC(=O)[C@H](C)O)CC1. The molecule has 0 aromatic rings. The summed E-state index contributed by atoms with van der Waals surface area (Å²) < 4.78 is 0. The van der Waals surface area contributed by atoms with Gasteiger partial charge in [-0.15, -0.1) is 0 Å². The average Bonchev–Trinajstić information content (AvgIpc) is 2.08. The van der Waals surface area contributed by atoms with E-state index in [1.54, 1.807) is 0 Å². The molecule has 0 aliphatic heterocycles. The third kappa shape index (κ3) is 3.35. The molecule has 1 saturated carbocycles. The summed E-state index contributed by atoms with van der Waals surface area (Å²) in [5, 5.41) is 11.8. The molecule has 3 nitrogen and oxygen atoms in total. The molecule has 1 aliphatic carbocycles. The summed E-state index contributed by atoms with van der Waals surface area (Å²) in [5.74, 6) is 0.555. The molecular weight excluding hydrogens is 166 g/mol. The first-order valence-corrected chi connectivity index (χ1v) is 5.08. The largest absolute Gasteiger partial charge is 0.384 e. The Morgan fingerprint density at radius 2 is 1.92 bits per heavy atom. The van der Waals surface area contributed by atoms with Crippen molar-refractivity contribution in [2.45, 2.75) is 51.7 Å². The minimum atomic E-state index is -0.876. The minimum Gasteiger partial charge on any atom is -0.384 e. The van der Waals surface area contributed by atoms with E-state index in [9.17, 15) is 4.79 Å². The monoisotopic (exact) mass is 185 g/mol. The second-order valence-electron chi connectivity index (χ2n) is 4.14. The van der Waals surface area contributed by atoms with Gasteiger partial charge in [0.25, 0.3) is 0 Å². The van der Waals surface area contributed by atoms with Crippen LogP contribution in [0.2, 0.25) is 0 Å². The summed E-state index contributed by atoms with van der Waals surface area (Å²) in [6.45, 7) is 3.74. The maximum Gasteiger partial charge on any atom is 0.248 e. The van der Waals surface area contributed by atoms with Gasteiger partial charge in [-0.05, 0) is 38.5 Å². The Labute approximate surface area is 79.5 Å². The first kappa shape index (κ1) is 10.5. The maximum atomic E-state index is 11.1. The van der Waals surface area contributed by atoms with Gasteiger partial charge in [0.15, 0.2) is 0 Å². The number of rotatable bonds is 2. The molecule has 0 heterocycles. The smallest absolute Gasteiger partial charge is 0.248 e. The molecule has 0 unspecified atom stereocenters. The predicted octanol–water partition coefficient (Wildman–Crippen LogP) is 1.06. The van der Waals surface area contributed by atoms with E-state index in [-0.39, 0.29) is 5.91 Å². The van der Waals surface area contributed by atoms with Crippen LogP contribution in [0.15, 0.2) is 0 Å².